The smallest absolute Gasteiger partial charge is 0.149 e. The molecule has 0 saturated heterocycles. The highest BCUT2D eigenvalue weighted by Crippen LogP contribution is 2.02. The average Bonchev–Trinajstić information content (AvgIpc) is 2.07. The standard InChI is InChI=1S/C11H25NO3S/c1-10(2)9-11(3)12-5-6-15-7-8-16(4,13)14/h10-12H,5-9H2,1-4H3. The first-order valence-corrected chi connectivity index (χ1v) is 7.86. The molecule has 5 heteroatoms. The molecular weight excluding hydrogens is 226 g/mol. The highest BCUT2D eigenvalue weighted by Gasteiger charge is 2.04. The van der Waals surface area contributed by atoms with Gasteiger partial charge in [-0.1, -0.05) is 13.8 Å². The topological polar surface area (TPSA) is 55.4 Å². The number of nitrogens with one attached hydrogen (secondary N) is 1. The van der Waals surface area contributed by atoms with Crippen molar-refractivity contribution < 1.29 is 13.2 Å². The molecule has 1 atom stereocenters. The molecule has 1 N–H and O–H groups in total. The number of hydrogen-bond acceptors (Lipinski definition) is 4. The van der Waals surface area contributed by atoms with Crippen molar-refractivity contribution in [3.63, 3.8) is 0 Å². The van der Waals surface area contributed by atoms with Crippen molar-refractivity contribution in [1.29, 1.82) is 0 Å². The summed E-state index contributed by atoms with van der Waals surface area (Å²) in [6.07, 6.45) is 2.36. The van der Waals surface area contributed by atoms with Gasteiger partial charge >= 0.3 is 0 Å². The normalized spacial score (nSPS) is 14.3. The zero-order valence-corrected chi connectivity index (χ0v) is 11.6. The van der Waals surface area contributed by atoms with Gasteiger partial charge in [0, 0.05) is 18.8 Å². The van der Waals surface area contributed by atoms with E-state index in [0.29, 0.717) is 25.2 Å². The Morgan fingerprint density at radius 3 is 2.31 bits per heavy atom. The van der Waals surface area contributed by atoms with Crippen molar-refractivity contribution >= 4 is 9.84 Å². The van der Waals surface area contributed by atoms with Crippen LogP contribution in [-0.2, 0) is 14.6 Å². The SMILES string of the molecule is CC(C)CC(C)NCCOCCS(C)(=O)=O. The molecule has 0 aromatic heterocycles. The maximum atomic E-state index is 10.8. The molecule has 0 amide bonds. The first-order chi connectivity index (χ1) is 7.31. The lowest BCUT2D eigenvalue weighted by Crippen LogP contribution is -2.30. The summed E-state index contributed by atoms with van der Waals surface area (Å²) in [5.41, 5.74) is 0. The van der Waals surface area contributed by atoms with Crippen molar-refractivity contribution in [2.45, 2.75) is 33.2 Å². The van der Waals surface area contributed by atoms with Gasteiger partial charge in [-0.15, -0.1) is 0 Å². The Morgan fingerprint density at radius 2 is 1.81 bits per heavy atom. The second kappa shape index (κ2) is 8.03. The van der Waals surface area contributed by atoms with Crippen molar-refractivity contribution in [3.05, 3.63) is 0 Å². The summed E-state index contributed by atoms with van der Waals surface area (Å²) in [5.74, 6) is 0.794. The third-order valence-electron chi connectivity index (χ3n) is 2.16. The molecule has 0 heterocycles. The Hall–Kier alpha value is -0.130. The molecule has 0 fully saturated rings. The van der Waals surface area contributed by atoms with E-state index in [1.54, 1.807) is 0 Å². The van der Waals surface area contributed by atoms with Crippen molar-refractivity contribution in [3.8, 4) is 0 Å². The van der Waals surface area contributed by atoms with Gasteiger partial charge in [-0.05, 0) is 19.3 Å². The van der Waals surface area contributed by atoms with Gasteiger partial charge in [0.05, 0.1) is 19.0 Å². The van der Waals surface area contributed by atoms with Crippen LogP contribution in [0.3, 0.4) is 0 Å². The summed E-state index contributed by atoms with van der Waals surface area (Å²) in [4.78, 5) is 0. The molecule has 0 radical (unpaired) electrons. The van der Waals surface area contributed by atoms with E-state index < -0.39 is 9.84 Å². The predicted octanol–water partition coefficient (Wildman–Crippen LogP) is 1.07. The molecular formula is C11H25NO3S. The van der Waals surface area contributed by atoms with Crippen LogP contribution in [0.2, 0.25) is 0 Å². The van der Waals surface area contributed by atoms with Crippen LogP contribution in [0.15, 0.2) is 0 Å². The van der Waals surface area contributed by atoms with Gasteiger partial charge in [0.1, 0.15) is 9.84 Å². The molecule has 98 valence electrons. The summed E-state index contributed by atoms with van der Waals surface area (Å²) in [7, 11) is -2.89. The average molecular weight is 251 g/mol. The van der Waals surface area contributed by atoms with Gasteiger partial charge in [-0.25, -0.2) is 8.42 Å². The fourth-order valence-corrected chi connectivity index (χ4v) is 1.90. The van der Waals surface area contributed by atoms with E-state index in [4.69, 9.17) is 4.74 Å². The summed E-state index contributed by atoms with van der Waals surface area (Å²) in [6, 6.07) is 0.485. The van der Waals surface area contributed by atoms with Gasteiger partial charge in [0.25, 0.3) is 0 Å². The lowest BCUT2D eigenvalue weighted by Gasteiger charge is -2.15. The summed E-state index contributed by atoms with van der Waals surface area (Å²) in [5, 5.41) is 3.34. The Kier molecular flexibility index (Phi) is 7.97. The van der Waals surface area contributed by atoms with E-state index in [9.17, 15) is 8.42 Å². The number of ether oxygens (including phenoxy) is 1. The van der Waals surface area contributed by atoms with E-state index in [-0.39, 0.29) is 5.75 Å². The summed E-state index contributed by atoms with van der Waals surface area (Å²) < 4.78 is 26.8. The minimum absolute atomic E-state index is 0.106. The maximum Gasteiger partial charge on any atom is 0.149 e. The molecule has 0 spiro atoms. The van der Waals surface area contributed by atoms with Crippen molar-refractivity contribution in [2.75, 3.05) is 31.8 Å². The van der Waals surface area contributed by atoms with Crippen molar-refractivity contribution in [1.82, 2.24) is 5.32 Å². The molecule has 0 saturated carbocycles. The lowest BCUT2D eigenvalue weighted by molar-refractivity contribution is 0.148. The first-order valence-electron chi connectivity index (χ1n) is 5.80. The van der Waals surface area contributed by atoms with Gasteiger partial charge < -0.3 is 10.1 Å². The minimum Gasteiger partial charge on any atom is -0.379 e. The van der Waals surface area contributed by atoms with Crippen LogP contribution in [0.5, 0.6) is 0 Å². The van der Waals surface area contributed by atoms with Gasteiger partial charge in [0.2, 0.25) is 0 Å². The quantitative estimate of drug-likeness (QED) is 0.623. The van der Waals surface area contributed by atoms with E-state index in [1.807, 2.05) is 0 Å². The van der Waals surface area contributed by atoms with Gasteiger partial charge in [-0.2, -0.15) is 0 Å². The van der Waals surface area contributed by atoms with Crippen LogP contribution in [0, 0.1) is 5.92 Å². The van der Waals surface area contributed by atoms with Crippen LogP contribution in [0.25, 0.3) is 0 Å². The van der Waals surface area contributed by atoms with Gasteiger partial charge in [-0.3, -0.25) is 0 Å². The van der Waals surface area contributed by atoms with Crippen LogP contribution >= 0.6 is 0 Å². The number of sulfone groups is 1. The Bertz CT molecular complexity index is 262. The third-order valence-corrected chi connectivity index (χ3v) is 3.07. The maximum absolute atomic E-state index is 10.8. The van der Waals surface area contributed by atoms with E-state index in [1.165, 1.54) is 6.26 Å². The Balaban J connectivity index is 3.34. The van der Waals surface area contributed by atoms with Gasteiger partial charge in [0.15, 0.2) is 0 Å². The fraction of sp³-hybridized carbons (Fsp3) is 1.00. The van der Waals surface area contributed by atoms with E-state index in [2.05, 4.69) is 26.1 Å². The molecule has 1 unspecified atom stereocenters. The molecule has 0 aromatic carbocycles. The lowest BCUT2D eigenvalue weighted by atomic mass is 10.1. The third kappa shape index (κ3) is 11.9. The van der Waals surface area contributed by atoms with E-state index >= 15 is 0 Å². The summed E-state index contributed by atoms with van der Waals surface area (Å²) >= 11 is 0. The predicted molar refractivity (Wildman–Crippen MR) is 67.4 cm³/mol. The highest BCUT2D eigenvalue weighted by atomic mass is 32.2. The summed E-state index contributed by atoms with van der Waals surface area (Å²) in [6.45, 7) is 8.17. The Labute approximate surface area is 99.7 Å². The van der Waals surface area contributed by atoms with Crippen molar-refractivity contribution in [2.24, 2.45) is 5.92 Å². The molecule has 0 aliphatic rings. The highest BCUT2D eigenvalue weighted by molar-refractivity contribution is 7.90. The number of hydrogen-bond donors (Lipinski definition) is 1. The molecule has 0 rings (SSSR count). The molecule has 16 heavy (non-hydrogen) atoms. The largest absolute Gasteiger partial charge is 0.379 e. The number of rotatable bonds is 9. The first kappa shape index (κ1) is 15.9. The monoisotopic (exact) mass is 251 g/mol. The second-order valence-corrected chi connectivity index (χ2v) is 6.99. The fourth-order valence-electron chi connectivity index (χ4n) is 1.48. The Morgan fingerprint density at radius 1 is 1.19 bits per heavy atom. The molecule has 0 aliphatic carbocycles. The van der Waals surface area contributed by atoms with Crippen LogP contribution in [0.4, 0.5) is 0 Å². The van der Waals surface area contributed by atoms with E-state index in [0.717, 1.165) is 13.0 Å². The molecule has 0 aromatic rings. The van der Waals surface area contributed by atoms with Crippen LogP contribution in [0.1, 0.15) is 27.2 Å². The van der Waals surface area contributed by atoms with Crippen LogP contribution in [-0.4, -0.2) is 46.2 Å². The zero-order valence-electron chi connectivity index (χ0n) is 10.8. The second-order valence-electron chi connectivity index (χ2n) is 4.73. The zero-order chi connectivity index (χ0) is 12.6. The minimum atomic E-state index is -2.89. The molecule has 0 bridgehead atoms. The molecule has 4 nitrogen and oxygen atoms in total. The van der Waals surface area contributed by atoms with Crippen LogP contribution < -0.4 is 5.32 Å². The molecule has 0 aliphatic heterocycles.